The van der Waals surface area contributed by atoms with E-state index in [9.17, 15) is 0 Å². The second-order valence-corrected chi connectivity index (χ2v) is 2.44. The molecule has 0 rings (SSSR count). The molecule has 0 spiro atoms. The molecule has 0 aliphatic carbocycles. The van der Waals surface area contributed by atoms with Gasteiger partial charge in [0.2, 0.25) is 0 Å². The smallest absolute Gasteiger partial charge is 0.154 e. The number of rotatable bonds is 6. The average molecular weight is 146 g/mol. The Morgan fingerprint density at radius 2 is 2.00 bits per heavy atom. The van der Waals surface area contributed by atoms with Crippen molar-refractivity contribution >= 4 is 0 Å². The van der Waals surface area contributed by atoms with E-state index in [1.165, 1.54) is 12.8 Å². The minimum Gasteiger partial charge on any atom is -0.368 e. The summed E-state index contributed by atoms with van der Waals surface area (Å²) in [5, 5.41) is 8.94. The zero-order chi connectivity index (χ0) is 7.82. The summed E-state index contributed by atoms with van der Waals surface area (Å²) in [6, 6.07) is 0. The van der Waals surface area contributed by atoms with Gasteiger partial charge in [0.1, 0.15) is 0 Å². The highest BCUT2D eigenvalue weighted by molar-refractivity contribution is 4.38. The molecule has 0 heterocycles. The van der Waals surface area contributed by atoms with E-state index in [1.807, 2.05) is 6.92 Å². The molecule has 0 aliphatic heterocycles. The molecular weight excluding hydrogens is 128 g/mol. The lowest BCUT2D eigenvalue weighted by Crippen LogP contribution is -2.10. The molecule has 2 nitrogen and oxygen atoms in total. The number of hydrogen-bond acceptors (Lipinski definition) is 2. The summed E-state index contributed by atoms with van der Waals surface area (Å²) in [6.45, 7) is 4.75. The van der Waals surface area contributed by atoms with Gasteiger partial charge < -0.3 is 9.84 Å². The van der Waals surface area contributed by atoms with Gasteiger partial charge in [-0.2, -0.15) is 0 Å². The Morgan fingerprint density at radius 3 is 2.50 bits per heavy atom. The van der Waals surface area contributed by atoms with Crippen molar-refractivity contribution in [2.45, 2.75) is 45.8 Å². The normalized spacial score (nSPS) is 13.5. The van der Waals surface area contributed by atoms with E-state index in [-0.39, 0.29) is 0 Å². The van der Waals surface area contributed by atoms with E-state index >= 15 is 0 Å². The predicted octanol–water partition coefficient (Wildman–Crippen LogP) is 1.92. The van der Waals surface area contributed by atoms with Crippen molar-refractivity contribution in [3.05, 3.63) is 0 Å². The van der Waals surface area contributed by atoms with Gasteiger partial charge in [0.15, 0.2) is 6.29 Å². The van der Waals surface area contributed by atoms with E-state index in [2.05, 4.69) is 6.92 Å². The number of unbranched alkanes of at least 4 members (excludes halogenated alkanes) is 2. The van der Waals surface area contributed by atoms with Gasteiger partial charge in [-0.3, -0.25) is 0 Å². The molecule has 1 N–H and O–H groups in total. The average Bonchev–Trinajstić information content (AvgIpc) is 1.98. The van der Waals surface area contributed by atoms with Gasteiger partial charge in [0.25, 0.3) is 0 Å². The van der Waals surface area contributed by atoms with Gasteiger partial charge in [-0.05, 0) is 12.8 Å². The Morgan fingerprint density at radius 1 is 1.30 bits per heavy atom. The molecule has 0 fully saturated rings. The third-order valence-electron chi connectivity index (χ3n) is 1.41. The molecule has 0 saturated heterocycles. The zero-order valence-electron chi connectivity index (χ0n) is 6.97. The Balaban J connectivity index is 2.89. The van der Waals surface area contributed by atoms with Crippen LogP contribution in [0.3, 0.4) is 0 Å². The summed E-state index contributed by atoms with van der Waals surface area (Å²) < 4.78 is 5.05. The van der Waals surface area contributed by atoms with Crippen molar-refractivity contribution in [2.24, 2.45) is 0 Å². The highest BCUT2D eigenvalue weighted by Crippen LogP contribution is 1.98. The highest BCUT2D eigenvalue weighted by atomic mass is 16.6. The summed E-state index contributed by atoms with van der Waals surface area (Å²) >= 11 is 0. The minimum absolute atomic E-state index is 0.545. The molecule has 1 atom stereocenters. The monoisotopic (exact) mass is 146 g/mol. The summed E-state index contributed by atoms with van der Waals surface area (Å²) in [6.07, 6.45) is 3.60. The first-order valence-corrected chi connectivity index (χ1v) is 4.11. The van der Waals surface area contributed by atoms with Crippen LogP contribution in [0, 0.1) is 0 Å². The van der Waals surface area contributed by atoms with Crippen LogP contribution in [0.4, 0.5) is 0 Å². The maximum Gasteiger partial charge on any atom is 0.154 e. The van der Waals surface area contributed by atoms with Crippen LogP contribution in [0.5, 0.6) is 0 Å². The predicted molar refractivity (Wildman–Crippen MR) is 41.8 cm³/mol. The Kier molecular flexibility index (Phi) is 6.98. The first-order chi connectivity index (χ1) is 4.81. The quantitative estimate of drug-likeness (QED) is 0.458. The molecule has 0 aromatic rings. The second kappa shape index (κ2) is 7.03. The molecule has 0 aromatic carbocycles. The molecule has 0 aromatic heterocycles. The highest BCUT2D eigenvalue weighted by Gasteiger charge is 1.97. The molecule has 0 aliphatic rings. The van der Waals surface area contributed by atoms with E-state index in [0.717, 1.165) is 6.42 Å². The molecule has 0 bridgehead atoms. The molecule has 0 saturated carbocycles. The van der Waals surface area contributed by atoms with Crippen LogP contribution in [0.15, 0.2) is 0 Å². The van der Waals surface area contributed by atoms with Crippen LogP contribution in [-0.4, -0.2) is 18.0 Å². The lowest BCUT2D eigenvalue weighted by atomic mass is 10.3. The fraction of sp³-hybridized carbons (Fsp3) is 1.00. The second-order valence-electron chi connectivity index (χ2n) is 2.44. The van der Waals surface area contributed by atoms with E-state index < -0.39 is 6.29 Å². The molecule has 0 amide bonds. The standard InChI is InChI=1S/C8H18O2/c1-3-5-6-7-10-8(9)4-2/h8-9H,3-7H2,1-2H3. The third kappa shape index (κ3) is 6.05. The van der Waals surface area contributed by atoms with Crippen molar-refractivity contribution < 1.29 is 9.84 Å². The third-order valence-corrected chi connectivity index (χ3v) is 1.41. The molecule has 0 radical (unpaired) electrons. The van der Waals surface area contributed by atoms with Crippen molar-refractivity contribution in [3.8, 4) is 0 Å². The Labute approximate surface area is 63.2 Å². The van der Waals surface area contributed by atoms with Gasteiger partial charge in [-0.25, -0.2) is 0 Å². The van der Waals surface area contributed by atoms with Crippen LogP contribution in [0.25, 0.3) is 0 Å². The molecular formula is C8H18O2. The topological polar surface area (TPSA) is 29.5 Å². The summed E-state index contributed by atoms with van der Waals surface area (Å²) in [5.41, 5.74) is 0. The van der Waals surface area contributed by atoms with Crippen LogP contribution in [0.1, 0.15) is 39.5 Å². The van der Waals surface area contributed by atoms with Crippen molar-refractivity contribution in [1.29, 1.82) is 0 Å². The lowest BCUT2D eigenvalue weighted by molar-refractivity contribution is -0.101. The molecule has 2 heteroatoms. The van der Waals surface area contributed by atoms with E-state index in [1.54, 1.807) is 0 Å². The van der Waals surface area contributed by atoms with Crippen LogP contribution in [-0.2, 0) is 4.74 Å². The maximum atomic E-state index is 8.94. The van der Waals surface area contributed by atoms with Gasteiger partial charge in [-0.15, -0.1) is 0 Å². The van der Waals surface area contributed by atoms with Crippen molar-refractivity contribution in [3.63, 3.8) is 0 Å². The number of ether oxygens (including phenoxy) is 1. The Bertz CT molecular complexity index is 64.3. The molecule has 1 unspecified atom stereocenters. The van der Waals surface area contributed by atoms with Gasteiger partial charge in [0, 0.05) is 6.61 Å². The number of aliphatic hydroxyl groups excluding tert-OH is 1. The van der Waals surface area contributed by atoms with Crippen LogP contribution >= 0.6 is 0 Å². The van der Waals surface area contributed by atoms with Crippen molar-refractivity contribution in [1.82, 2.24) is 0 Å². The summed E-state index contributed by atoms with van der Waals surface area (Å²) in [4.78, 5) is 0. The fourth-order valence-electron chi connectivity index (χ4n) is 0.689. The molecule has 10 heavy (non-hydrogen) atoms. The van der Waals surface area contributed by atoms with Gasteiger partial charge in [-0.1, -0.05) is 26.7 Å². The fourth-order valence-corrected chi connectivity index (χ4v) is 0.689. The maximum absolute atomic E-state index is 8.94. The van der Waals surface area contributed by atoms with Gasteiger partial charge in [0.05, 0.1) is 0 Å². The zero-order valence-corrected chi connectivity index (χ0v) is 6.97. The number of hydrogen-bond donors (Lipinski definition) is 1. The lowest BCUT2D eigenvalue weighted by Gasteiger charge is -2.07. The van der Waals surface area contributed by atoms with E-state index in [0.29, 0.717) is 13.0 Å². The summed E-state index contributed by atoms with van der Waals surface area (Å²) in [5.74, 6) is 0. The molecule has 62 valence electrons. The largest absolute Gasteiger partial charge is 0.368 e. The van der Waals surface area contributed by atoms with Crippen molar-refractivity contribution in [2.75, 3.05) is 6.61 Å². The van der Waals surface area contributed by atoms with E-state index in [4.69, 9.17) is 9.84 Å². The SMILES string of the molecule is CCCCCOC(O)CC. The number of aliphatic hydroxyl groups is 1. The minimum atomic E-state index is -0.545. The van der Waals surface area contributed by atoms with Crippen LogP contribution < -0.4 is 0 Å². The first kappa shape index (κ1) is 9.92. The first-order valence-electron chi connectivity index (χ1n) is 4.11. The summed E-state index contributed by atoms with van der Waals surface area (Å²) in [7, 11) is 0. The van der Waals surface area contributed by atoms with Gasteiger partial charge >= 0.3 is 0 Å². The van der Waals surface area contributed by atoms with Crippen LogP contribution in [0.2, 0.25) is 0 Å². The Hall–Kier alpha value is -0.0800.